The zero-order chi connectivity index (χ0) is 15.9. The Kier molecular flexibility index (Phi) is 3.56. The van der Waals surface area contributed by atoms with E-state index in [-0.39, 0.29) is 5.41 Å². The number of halogens is 1. The summed E-state index contributed by atoms with van der Waals surface area (Å²) in [6, 6.07) is 12.6. The highest BCUT2D eigenvalue weighted by Crippen LogP contribution is 2.44. The Bertz CT molecular complexity index is 836. The predicted octanol–water partition coefficient (Wildman–Crippen LogP) is 3.73. The lowest BCUT2D eigenvalue weighted by molar-refractivity contribution is 0.260. The summed E-state index contributed by atoms with van der Waals surface area (Å²) in [5.41, 5.74) is 2.40. The Morgan fingerprint density at radius 2 is 1.91 bits per heavy atom. The summed E-state index contributed by atoms with van der Waals surface area (Å²) in [6.07, 6.45) is 3.72. The van der Waals surface area contributed by atoms with Crippen molar-refractivity contribution >= 4 is 27.4 Å². The molecule has 0 radical (unpaired) electrons. The molecule has 4 rings (SSSR count). The van der Waals surface area contributed by atoms with Gasteiger partial charge in [0.15, 0.2) is 11.5 Å². The number of nitrogens with one attached hydrogen (secondary N) is 1. The number of hydrogen-bond donors (Lipinski definition) is 1. The lowest BCUT2D eigenvalue weighted by atomic mass is 9.64. The van der Waals surface area contributed by atoms with Crippen molar-refractivity contribution in [2.45, 2.75) is 31.6 Å². The van der Waals surface area contributed by atoms with Gasteiger partial charge in [-0.3, -0.25) is 0 Å². The number of nitrogens with zero attached hydrogens (tertiary/aromatic N) is 4. The standard InChI is InChI=1S/C17H18BrN5/c1-12-20-21-16-8-7-15(22-23(12)16)19-11-17(9-2-10-17)13-3-5-14(18)6-4-13/h3-8H,2,9-11H2,1H3,(H,19,22). The van der Waals surface area contributed by atoms with Crippen molar-refractivity contribution < 1.29 is 0 Å². The zero-order valence-corrected chi connectivity index (χ0v) is 14.5. The van der Waals surface area contributed by atoms with Crippen molar-refractivity contribution in [2.24, 2.45) is 0 Å². The van der Waals surface area contributed by atoms with Gasteiger partial charge in [-0.1, -0.05) is 34.5 Å². The van der Waals surface area contributed by atoms with E-state index in [0.29, 0.717) is 0 Å². The number of anilines is 1. The van der Waals surface area contributed by atoms with Crippen LogP contribution >= 0.6 is 15.9 Å². The fraction of sp³-hybridized carbons (Fsp3) is 0.353. The molecule has 0 amide bonds. The van der Waals surface area contributed by atoms with Crippen LogP contribution in [-0.4, -0.2) is 26.4 Å². The number of benzene rings is 1. The van der Waals surface area contributed by atoms with Crippen molar-refractivity contribution in [3.05, 3.63) is 52.3 Å². The van der Waals surface area contributed by atoms with E-state index in [1.165, 1.54) is 24.8 Å². The minimum absolute atomic E-state index is 0.222. The van der Waals surface area contributed by atoms with Crippen LogP contribution in [0.4, 0.5) is 5.82 Å². The van der Waals surface area contributed by atoms with E-state index in [9.17, 15) is 0 Å². The Labute approximate surface area is 143 Å². The Hall–Kier alpha value is -1.95. The van der Waals surface area contributed by atoms with Crippen molar-refractivity contribution in [1.82, 2.24) is 19.8 Å². The van der Waals surface area contributed by atoms with Gasteiger partial charge >= 0.3 is 0 Å². The monoisotopic (exact) mass is 371 g/mol. The highest BCUT2D eigenvalue weighted by atomic mass is 79.9. The molecule has 1 aliphatic carbocycles. The summed E-state index contributed by atoms with van der Waals surface area (Å²) in [5.74, 6) is 1.67. The highest BCUT2D eigenvalue weighted by molar-refractivity contribution is 9.10. The summed E-state index contributed by atoms with van der Waals surface area (Å²) in [5, 5.41) is 16.2. The van der Waals surface area contributed by atoms with Crippen LogP contribution in [0.1, 0.15) is 30.7 Å². The van der Waals surface area contributed by atoms with E-state index in [1.54, 1.807) is 4.52 Å². The maximum Gasteiger partial charge on any atom is 0.178 e. The molecule has 118 valence electrons. The van der Waals surface area contributed by atoms with Crippen molar-refractivity contribution in [2.75, 3.05) is 11.9 Å². The van der Waals surface area contributed by atoms with Crippen LogP contribution in [0.5, 0.6) is 0 Å². The van der Waals surface area contributed by atoms with Gasteiger partial charge in [-0.05, 0) is 49.6 Å². The third kappa shape index (κ3) is 2.61. The third-order valence-electron chi connectivity index (χ3n) is 4.79. The second kappa shape index (κ2) is 5.60. The van der Waals surface area contributed by atoms with Gasteiger partial charge in [0.25, 0.3) is 0 Å². The van der Waals surface area contributed by atoms with Gasteiger partial charge in [0.2, 0.25) is 0 Å². The van der Waals surface area contributed by atoms with Gasteiger partial charge in [-0.2, -0.15) is 4.52 Å². The van der Waals surface area contributed by atoms with E-state index in [4.69, 9.17) is 0 Å². The zero-order valence-electron chi connectivity index (χ0n) is 13.0. The van der Waals surface area contributed by atoms with Gasteiger partial charge in [0.05, 0.1) is 0 Å². The second-order valence-electron chi connectivity index (χ2n) is 6.23. The maximum atomic E-state index is 4.58. The largest absolute Gasteiger partial charge is 0.368 e. The van der Waals surface area contributed by atoms with Crippen LogP contribution < -0.4 is 5.32 Å². The van der Waals surface area contributed by atoms with Gasteiger partial charge in [0, 0.05) is 16.4 Å². The molecule has 0 unspecified atom stereocenters. The summed E-state index contributed by atoms with van der Waals surface area (Å²) in [4.78, 5) is 0. The van der Waals surface area contributed by atoms with E-state index < -0.39 is 0 Å². The van der Waals surface area contributed by atoms with Crippen LogP contribution in [0.15, 0.2) is 40.9 Å². The first-order valence-electron chi connectivity index (χ1n) is 7.85. The molecule has 0 atom stereocenters. The highest BCUT2D eigenvalue weighted by Gasteiger charge is 2.38. The maximum absolute atomic E-state index is 4.58. The minimum atomic E-state index is 0.222. The first kappa shape index (κ1) is 14.6. The van der Waals surface area contributed by atoms with E-state index in [1.807, 2.05) is 19.1 Å². The smallest absolute Gasteiger partial charge is 0.178 e. The molecule has 0 saturated heterocycles. The fourth-order valence-electron chi connectivity index (χ4n) is 3.22. The van der Waals surface area contributed by atoms with E-state index in [0.717, 1.165) is 28.3 Å². The Morgan fingerprint density at radius 3 is 2.61 bits per heavy atom. The van der Waals surface area contributed by atoms with Crippen molar-refractivity contribution in [3.63, 3.8) is 0 Å². The van der Waals surface area contributed by atoms with Crippen molar-refractivity contribution in [3.8, 4) is 0 Å². The number of aryl methyl sites for hydroxylation is 1. The molecular weight excluding hydrogens is 354 g/mol. The van der Waals surface area contributed by atoms with E-state index in [2.05, 4.69) is 60.8 Å². The molecule has 0 aliphatic heterocycles. The van der Waals surface area contributed by atoms with Gasteiger partial charge in [0.1, 0.15) is 5.82 Å². The normalized spacial score (nSPS) is 16.3. The number of rotatable bonds is 4. The third-order valence-corrected chi connectivity index (χ3v) is 5.32. The lowest BCUT2D eigenvalue weighted by Gasteiger charge is -2.42. The first-order chi connectivity index (χ1) is 11.2. The predicted molar refractivity (Wildman–Crippen MR) is 93.7 cm³/mol. The molecule has 1 aliphatic rings. The second-order valence-corrected chi connectivity index (χ2v) is 7.15. The molecule has 1 N–H and O–H groups in total. The van der Waals surface area contributed by atoms with Gasteiger partial charge in [-0.15, -0.1) is 15.3 Å². The van der Waals surface area contributed by atoms with Crippen LogP contribution in [0.2, 0.25) is 0 Å². The van der Waals surface area contributed by atoms with Crippen LogP contribution in [0.25, 0.3) is 5.65 Å². The molecule has 0 spiro atoms. The van der Waals surface area contributed by atoms with Crippen LogP contribution in [0, 0.1) is 6.92 Å². The molecule has 3 aromatic rings. The number of hydrogen-bond acceptors (Lipinski definition) is 4. The SMILES string of the molecule is Cc1nnc2ccc(NCC3(c4ccc(Br)cc4)CCC3)nn12. The summed E-state index contributed by atoms with van der Waals surface area (Å²) < 4.78 is 2.90. The lowest BCUT2D eigenvalue weighted by Crippen LogP contribution is -2.41. The average molecular weight is 372 g/mol. The number of aromatic nitrogens is 4. The molecule has 2 aromatic heterocycles. The first-order valence-corrected chi connectivity index (χ1v) is 8.65. The molecule has 6 heteroatoms. The fourth-order valence-corrected chi connectivity index (χ4v) is 3.49. The summed E-state index contributed by atoms with van der Waals surface area (Å²) >= 11 is 3.51. The van der Waals surface area contributed by atoms with Crippen LogP contribution in [-0.2, 0) is 5.41 Å². The molecule has 1 aromatic carbocycles. The molecule has 2 heterocycles. The van der Waals surface area contributed by atoms with Crippen LogP contribution in [0.3, 0.4) is 0 Å². The molecule has 1 fully saturated rings. The molecule has 1 saturated carbocycles. The quantitative estimate of drug-likeness (QED) is 0.758. The minimum Gasteiger partial charge on any atom is -0.368 e. The Morgan fingerprint density at radius 1 is 1.13 bits per heavy atom. The summed E-state index contributed by atoms with van der Waals surface area (Å²) in [6.45, 7) is 2.81. The Balaban J connectivity index is 1.56. The van der Waals surface area contributed by atoms with Crippen molar-refractivity contribution in [1.29, 1.82) is 0 Å². The molecular formula is C17H18BrN5. The average Bonchev–Trinajstić information content (AvgIpc) is 2.89. The topological polar surface area (TPSA) is 55.1 Å². The molecule has 23 heavy (non-hydrogen) atoms. The summed E-state index contributed by atoms with van der Waals surface area (Å²) in [7, 11) is 0. The van der Waals surface area contributed by atoms with E-state index >= 15 is 0 Å². The van der Waals surface area contributed by atoms with Gasteiger partial charge < -0.3 is 5.32 Å². The van der Waals surface area contributed by atoms with Gasteiger partial charge in [-0.25, -0.2) is 0 Å². The molecule has 0 bridgehead atoms. The molecule has 5 nitrogen and oxygen atoms in total. The number of fused-ring (bicyclic) bond motifs is 1.